The number of hydrogen-bond acceptors (Lipinski definition) is 3. The standard InChI is InChI=1S/C9H13F3N4O/c10-9(11,12)7-14-8(17)6-13-3-5-16-4-1-2-15-16/h1-2,4,13H,3,5-7H2,(H,14,17). The molecule has 1 rings (SSSR count). The molecule has 5 nitrogen and oxygen atoms in total. The van der Waals surface area contributed by atoms with Crippen molar-refractivity contribution in [2.24, 2.45) is 0 Å². The van der Waals surface area contributed by atoms with Gasteiger partial charge < -0.3 is 10.6 Å². The molecule has 0 atom stereocenters. The number of amides is 1. The van der Waals surface area contributed by atoms with Crippen LogP contribution in [-0.2, 0) is 11.3 Å². The van der Waals surface area contributed by atoms with E-state index in [9.17, 15) is 18.0 Å². The van der Waals surface area contributed by atoms with E-state index in [-0.39, 0.29) is 6.54 Å². The summed E-state index contributed by atoms with van der Waals surface area (Å²) in [5.41, 5.74) is 0. The zero-order valence-corrected chi connectivity index (χ0v) is 9.00. The van der Waals surface area contributed by atoms with Gasteiger partial charge in [0.2, 0.25) is 5.91 Å². The minimum absolute atomic E-state index is 0.142. The Balaban J connectivity index is 2.04. The van der Waals surface area contributed by atoms with Crippen LogP contribution >= 0.6 is 0 Å². The molecule has 96 valence electrons. The molecule has 0 saturated carbocycles. The fourth-order valence-corrected chi connectivity index (χ4v) is 1.09. The van der Waals surface area contributed by atoms with E-state index in [1.807, 2.05) is 0 Å². The van der Waals surface area contributed by atoms with Crippen molar-refractivity contribution in [3.8, 4) is 0 Å². The molecule has 0 unspecified atom stereocenters. The Morgan fingerprint density at radius 3 is 2.76 bits per heavy atom. The van der Waals surface area contributed by atoms with E-state index in [1.54, 1.807) is 28.5 Å². The first-order valence-corrected chi connectivity index (χ1v) is 4.99. The average molecular weight is 250 g/mol. The van der Waals surface area contributed by atoms with E-state index in [0.717, 1.165) is 0 Å². The third kappa shape index (κ3) is 6.56. The number of hydrogen-bond donors (Lipinski definition) is 2. The second-order valence-corrected chi connectivity index (χ2v) is 3.34. The van der Waals surface area contributed by atoms with Crippen LogP contribution in [0, 0.1) is 0 Å². The molecule has 17 heavy (non-hydrogen) atoms. The van der Waals surface area contributed by atoms with Gasteiger partial charge in [-0.05, 0) is 6.07 Å². The van der Waals surface area contributed by atoms with Gasteiger partial charge in [-0.15, -0.1) is 0 Å². The zero-order valence-electron chi connectivity index (χ0n) is 9.00. The van der Waals surface area contributed by atoms with Gasteiger partial charge in [0, 0.05) is 18.9 Å². The fourth-order valence-electron chi connectivity index (χ4n) is 1.09. The van der Waals surface area contributed by atoms with Gasteiger partial charge in [0.15, 0.2) is 0 Å². The lowest BCUT2D eigenvalue weighted by Crippen LogP contribution is -2.39. The smallest absolute Gasteiger partial charge is 0.346 e. The lowest BCUT2D eigenvalue weighted by atomic mass is 10.5. The molecule has 0 fully saturated rings. The van der Waals surface area contributed by atoms with Crippen molar-refractivity contribution >= 4 is 5.91 Å². The van der Waals surface area contributed by atoms with E-state index in [1.165, 1.54) is 0 Å². The van der Waals surface area contributed by atoms with Gasteiger partial charge in [0.25, 0.3) is 0 Å². The second kappa shape index (κ2) is 6.24. The zero-order chi connectivity index (χ0) is 12.7. The molecular weight excluding hydrogens is 237 g/mol. The molecule has 0 saturated heterocycles. The predicted molar refractivity (Wildman–Crippen MR) is 54.2 cm³/mol. The Labute approximate surface area is 96.0 Å². The summed E-state index contributed by atoms with van der Waals surface area (Å²) in [6.07, 6.45) is -0.994. The monoisotopic (exact) mass is 250 g/mol. The molecule has 0 aliphatic heterocycles. The number of nitrogens with one attached hydrogen (secondary N) is 2. The highest BCUT2D eigenvalue weighted by atomic mass is 19.4. The maximum Gasteiger partial charge on any atom is 0.405 e. The van der Waals surface area contributed by atoms with Crippen LogP contribution in [0.3, 0.4) is 0 Å². The van der Waals surface area contributed by atoms with Gasteiger partial charge in [0.1, 0.15) is 6.54 Å². The Kier molecular flexibility index (Phi) is 4.95. The quantitative estimate of drug-likeness (QED) is 0.707. The molecule has 0 bridgehead atoms. The van der Waals surface area contributed by atoms with Gasteiger partial charge in [0.05, 0.1) is 13.1 Å². The molecule has 0 aliphatic carbocycles. The average Bonchev–Trinajstić information content (AvgIpc) is 2.73. The van der Waals surface area contributed by atoms with Gasteiger partial charge in [-0.1, -0.05) is 0 Å². The van der Waals surface area contributed by atoms with E-state index in [4.69, 9.17) is 0 Å². The number of alkyl halides is 3. The number of carbonyl (C=O) groups excluding carboxylic acids is 1. The highest BCUT2D eigenvalue weighted by molar-refractivity contribution is 5.77. The molecule has 1 aromatic heterocycles. The molecule has 1 heterocycles. The minimum atomic E-state index is -4.37. The van der Waals surface area contributed by atoms with Gasteiger partial charge in [-0.25, -0.2) is 0 Å². The number of nitrogens with zero attached hydrogens (tertiary/aromatic N) is 2. The van der Waals surface area contributed by atoms with Crippen molar-refractivity contribution in [1.29, 1.82) is 0 Å². The Bertz CT molecular complexity index is 337. The Hall–Kier alpha value is -1.57. The summed E-state index contributed by atoms with van der Waals surface area (Å²) in [6.45, 7) is -0.426. The van der Waals surface area contributed by atoms with Crippen LogP contribution < -0.4 is 10.6 Å². The topological polar surface area (TPSA) is 59.0 Å². The van der Waals surface area contributed by atoms with Crippen LogP contribution in [0.25, 0.3) is 0 Å². The molecule has 1 aromatic rings. The normalized spacial score (nSPS) is 11.5. The van der Waals surface area contributed by atoms with Crippen molar-refractivity contribution < 1.29 is 18.0 Å². The van der Waals surface area contributed by atoms with Crippen molar-refractivity contribution in [2.45, 2.75) is 12.7 Å². The van der Waals surface area contributed by atoms with Crippen LogP contribution in [0.15, 0.2) is 18.5 Å². The second-order valence-electron chi connectivity index (χ2n) is 3.34. The molecule has 0 radical (unpaired) electrons. The maximum absolute atomic E-state index is 11.7. The van der Waals surface area contributed by atoms with Crippen LogP contribution in [-0.4, -0.2) is 41.5 Å². The van der Waals surface area contributed by atoms with Crippen molar-refractivity contribution in [3.63, 3.8) is 0 Å². The summed E-state index contributed by atoms with van der Waals surface area (Å²) >= 11 is 0. The summed E-state index contributed by atoms with van der Waals surface area (Å²) in [4.78, 5) is 11.0. The van der Waals surface area contributed by atoms with Crippen molar-refractivity contribution in [3.05, 3.63) is 18.5 Å². The van der Waals surface area contributed by atoms with Gasteiger partial charge in [-0.3, -0.25) is 9.48 Å². The van der Waals surface area contributed by atoms with E-state index in [2.05, 4.69) is 10.4 Å². The number of carbonyl (C=O) groups is 1. The van der Waals surface area contributed by atoms with Crippen molar-refractivity contribution in [2.75, 3.05) is 19.6 Å². The molecule has 0 aromatic carbocycles. The predicted octanol–water partition coefficient (Wildman–Crippen LogP) is 0.151. The summed E-state index contributed by atoms with van der Waals surface area (Å²) in [6, 6.07) is 1.76. The maximum atomic E-state index is 11.7. The van der Waals surface area contributed by atoms with Gasteiger partial charge >= 0.3 is 6.18 Å². The first kappa shape index (κ1) is 13.5. The summed E-state index contributed by atoms with van der Waals surface area (Å²) in [7, 11) is 0. The molecule has 0 aliphatic rings. The summed E-state index contributed by atoms with van der Waals surface area (Å²) < 4.78 is 36.9. The van der Waals surface area contributed by atoms with Crippen LogP contribution in [0.2, 0.25) is 0 Å². The Morgan fingerprint density at radius 1 is 1.41 bits per heavy atom. The number of halogens is 3. The lowest BCUT2D eigenvalue weighted by Gasteiger charge is -2.09. The Morgan fingerprint density at radius 2 is 2.18 bits per heavy atom. The summed E-state index contributed by atoms with van der Waals surface area (Å²) in [5, 5.41) is 8.42. The summed E-state index contributed by atoms with van der Waals surface area (Å²) in [5.74, 6) is -0.678. The molecule has 8 heteroatoms. The van der Waals surface area contributed by atoms with Crippen molar-refractivity contribution in [1.82, 2.24) is 20.4 Å². The molecule has 2 N–H and O–H groups in total. The fraction of sp³-hybridized carbons (Fsp3) is 0.556. The molecular formula is C9H13F3N4O. The first-order valence-electron chi connectivity index (χ1n) is 4.99. The van der Waals surface area contributed by atoms with E-state index >= 15 is 0 Å². The van der Waals surface area contributed by atoms with Gasteiger partial charge in [-0.2, -0.15) is 18.3 Å². The highest BCUT2D eigenvalue weighted by Gasteiger charge is 2.27. The lowest BCUT2D eigenvalue weighted by molar-refractivity contribution is -0.137. The SMILES string of the molecule is O=C(CNCCn1cccn1)NCC(F)(F)F. The van der Waals surface area contributed by atoms with E-state index in [0.29, 0.717) is 13.1 Å². The number of aromatic nitrogens is 2. The van der Waals surface area contributed by atoms with E-state index < -0.39 is 18.6 Å². The minimum Gasteiger partial charge on any atom is -0.346 e. The third-order valence-corrected chi connectivity index (χ3v) is 1.85. The first-order chi connectivity index (χ1) is 7.97. The van der Waals surface area contributed by atoms with Crippen LogP contribution in [0.4, 0.5) is 13.2 Å². The number of rotatable bonds is 6. The molecule has 0 spiro atoms. The van der Waals surface area contributed by atoms with Crippen LogP contribution in [0.5, 0.6) is 0 Å². The highest BCUT2D eigenvalue weighted by Crippen LogP contribution is 2.11. The van der Waals surface area contributed by atoms with Crippen LogP contribution in [0.1, 0.15) is 0 Å². The molecule has 1 amide bonds. The largest absolute Gasteiger partial charge is 0.405 e. The third-order valence-electron chi connectivity index (χ3n) is 1.85.